The Bertz CT molecular complexity index is 279. The molecule has 0 amide bonds. The number of benzene rings is 1. The van der Waals surface area contributed by atoms with Gasteiger partial charge in [-0.2, -0.15) is 0 Å². The van der Waals surface area contributed by atoms with Crippen LogP contribution in [-0.4, -0.2) is 16.8 Å². The molecule has 2 atom stereocenters. The van der Waals surface area contributed by atoms with Crippen LogP contribution in [0.2, 0.25) is 0 Å². The van der Waals surface area contributed by atoms with Gasteiger partial charge in [-0.1, -0.05) is 38.1 Å². The molecule has 0 aliphatic carbocycles. The predicted octanol–water partition coefficient (Wildman–Crippen LogP) is 2.62. The summed E-state index contributed by atoms with van der Waals surface area (Å²) in [5.41, 5.74) is 2.19. The lowest BCUT2D eigenvalue weighted by Gasteiger charge is -2.12. The fraction of sp³-hybridized carbons (Fsp3) is 0.538. The summed E-state index contributed by atoms with van der Waals surface area (Å²) >= 11 is 0. The minimum Gasteiger partial charge on any atom is -0.396 e. The Morgan fingerprint density at radius 1 is 1.13 bits per heavy atom. The average Bonchev–Trinajstić information content (AvgIpc) is 2.28. The summed E-state index contributed by atoms with van der Waals surface area (Å²) in [6.45, 7) is 4.38. The molecule has 0 heterocycles. The highest BCUT2D eigenvalue weighted by Crippen LogP contribution is 2.22. The fourth-order valence-corrected chi connectivity index (χ4v) is 1.57. The summed E-state index contributed by atoms with van der Waals surface area (Å²) in [6.07, 6.45) is 0.988. The van der Waals surface area contributed by atoms with E-state index < -0.39 is 6.10 Å². The van der Waals surface area contributed by atoms with Gasteiger partial charge in [-0.25, -0.2) is 0 Å². The molecule has 0 bridgehead atoms. The molecule has 84 valence electrons. The van der Waals surface area contributed by atoms with Gasteiger partial charge in [0.1, 0.15) is 0 Å². The van der Waals surface area contributed by atoms with Gasteiger partial charge in [-0.15, -0.1) is 0 Å². The first kappa shape index (κ1) is 12.2. The third-order valence-corrected chi connectivity index (χ3v) is 2.91. The predicted molar refractivity (Wildman–Crippen MR) is 61.8 cm³/mol. The van der Waals surface area contributed by atoms with Crippen LogP contribution in [0.4, 0.5) is 0 Å². The maximum Gasteiger partial charge on any atom is 0.0811 e. The molecule has 0 saturated carbocycles. The molecule has 1 aromatic rings. The Morgan fingerprint density at radius 3 is 2.13 bits per heavy atom. The molecule has 0 aromatic heterocycles. The average molecular weight is 208 g/mol. The van der Waals surface area contributed by atoms with E-state index in [-0.39, 0.29) is 6.61 Å². The van der Waals surface area contributed by atoms with Gasteiger partial charge < -0.3 is 10.2 Å². The van der Waals surface area contributed by atoms with Crippen LogP contribution in [0.1, 0.15) is 49.8 Å². The first-order chi connectivity index (χ1) is 7.19. The Hall–Kier alpha value is -0.860. The van der Waals surface area contributed by atoms with Gasteiger partial charge in [0.05, 0.1) is 6.10 Å². The highest BCUT2D eigenvalue weighted by Gasteiger charge is 2.07. The highest BCUT2D eigenvalue weighted by molar-refractivity contribution is 5.26. The van der Waals surface area contributed by atoms with E-state index in [0.717, 1.165) is 12.0 Å². The lowest BCUT2D eigenvalue weighted by molar-refractivity contribution is 0.134. The zero-order valence-electron chi connectivity index (χ0n) is 9.48. The summed E-state index contributed by atoms with van der Waals surface area (Å²) in [5, 5.41) is 18.4. The first-order valence-corrected chi connectivity index (χ1v) is 5.57. The molecule has 15 heavy (non-hydrogen) atoms. The lowest BCUT2D eigenvalue weighted by Crippen LogP contribution is -2.00. The SMILES string of the molecule is CCC(C)c1ccc(C(O)CCO)cc1. The third kappa shape index (κ3) is 3.33. The normalized spacial score (nSPS) is 14.9. The topological polar surface area (TPSA) is 40.5 Å². The number of rotatable bonds is 5. The Labute approximate surface area is 91.6 Å². The van der Waals surface area contributed by atoms with E-state index in [1.165, 1.54) is 5.56 Å². The van der Waals surface area contributed by atoms with Crippen molar-refractivity contribution in [2.45, 2.75) is 38.7 Å². The van der Waals surface area contributed by atoms with E-state index in [9.17, 15) is 5.11 Å². The minimum absolute atomic E-state index is 0.0221. The van der Waals surface area contributed by atoms with E-state index in [2.05, 4.69) is 26.0 Å². The number of hydrogen-bond donors (Lipinski definition) is 2. The van der Waals surface area contributed by atoms with Gasteiger partial charge >= 0.3 is 0 Å². The standard InChI is InChI=1S/C13H20O2/c1-3-10(2)11-4-6-12(7-5-11)13(15)8-9-14/h4-7,10,13-15H,3,8-9H2,1-2H3. The van der Waals surface area contributed by atoms with Gasteiger partial charge in [0.25, 0.3) is 0 Å². The third-order valence-electron chi connectivity index (χ3n) is 2.91. The molecule has 0 aliphatic heterocycles. The monoisotopic (exact) mass is 208 g/mol. The van der Waals surface area contributed by atoms with Crippen molar-refractivity contribution in [3.63, 3.8) is 0 Å². The molecular weight excluding hydrogens is 188 g/mol. The van der Waals surface area contributed by atoms with Crippen LogP contribution in [-0.2, 0) is 0 Å². The van der Waals surface area contributed by atoms with Crippen molar-refractivity contribution >= 4 is 0 Å². The molecule has 2 unspecified atom stereocenters. The van der Waals surface area contributed by atoms with Crippen LogP contribution in [0.5, 0.6) is 0 Å². The molecule has 2 heteroatoms. The zero-order valence-corrected chi connectivity index (χ0v) is 9.48. The zero-order chi connectivity index (χ0) is 11.3. The van der Waals surface area contributed by atoms with E-state index in [1.807, 2.05) is 12.1 Å². The summed E-state index contributed by atoms with van der Waals surface area (Å²) in [4.78, 5) is 0. The molecule has 0 fully saturated rings. The van der Waals surface area contributed by atoms with E-state index in [4.69, 9.17) is 5.11 Å². The van der Waals surface area contributed by atoms with Crippen molar-refractivity contribution < 1.29 is 10.2 Å². The number of aliphatic hydroxyl groups excluding tert-OH is 2. The molecule has 2 N–H and O–H groups in total. The minimum atomic E-state index is -0.541. The summed E-state index contributed by atoms with van der Waals surface area (Å²) in [5.74, 6) is 0.564. The summed E-state index contributed by atoms with van der Waals surface area (Å²) in [6, 6.07) is 8.01. The van der Waals surface area contributed by atoms with Crippen molar-refractivity contribution in [2.75, 3.05) is 6.61 Å². The first-order valence-electron chi connectivity index (χ1n) is 5.57. The largest absolute Gasteiger partial charge is 0.396 e. The van der Waals surface area contributed by atoms with Crippen LogP contribution < -0.4 is 0 Å². The van der Waals surface area contributed by atoms with E-state index >= 15 is 0 Å². The van der Waals surface area contributed by atoms with Crippen molar-refractivity contribution in [1.82, 2.24) is 0 Å². The maximum atomic E-state index is 9.65. The molecule has 0 aliphatic rings. The molecular formula is C13H20O2. The Morgan fingerprint density at radius 2 is 1.67 bits per heavy atom. The second-order valence-electron chi connectivity index (χ2n) is 4.00. The molecule has 0 radical (unpaired) electrons. The Kier molecular flexibility index (Phi) is 4.79. The quantitative estimate of drug-likeness (QED) is 0.781. The van der Waals surface area contributed by atoms with Crippen molar-refractivity contribution in [3.8, 4) is 0 Å². The second kappa shape index (κ2) is 5.89. The fourth-order valence-electron chi connectivity index (χ4n) is 1.57. The highest BCUT2D eigenvalue weighted by atomic mass is 16.3. The van der Waals surface area contributed by atoms with Crippen molar-refractivity contribution in [1.29, 1.82) is 0 Å². The van der Waals surface area contributed by atoms with Gasteiger partial charge in [-0.05, 0) is 23.5 Å². The van der Waals surface area contributed by atoms with Crippen LogP contribution in [0.3, 0.4) is 0 Å². The van der Waals surface area contributed by atoms with Crippen LogP contribution in [0.15, 0.2) is 24.3 Å². The number of hydrogen-bond acceptors (Lipinski definition) is 2. The molecule has 0 saturated heterocycles. The van der Waals surface area contributed by atoms with E-state index in [1.54, 1.807) is 0 Å². The van der Waals surface area contributed by atoms with Crippen LogP contribution >= 0.6 is 0 Å². The molecule has 1 rings (SSSR count). The molecule has 0 spiro atoms. The van der Waals surface area contributed by atoms with Gasteiger partial charge in [0.2, 0.25) is 0 Å². The van der Waals surface area contributed by atoms with Crippen LogP contribution in [0, 0.1) is 0 Å². The smallest absolute Gasteiger partial charge is 0.0811 e. The van der Waals surface area contributed by atoms with E-state index in [0.29, 0.717) is 12.3 Å². The summed E-state index contributed by atoms with van der Waals surface area (Å²) in [7, 11) is 0. The number of aliphatic hydroxyl groups is 2. The Balaban J connectivity index is 2.71. The van der Waals surface area contributed by atoms with Crippen molar-refractivity contribution in [3.05, 3.63) is 35.4 Å². The molecule has 2 nitrogen and oxygen atoms in total. The van der Waals surface area contributed by atoms with Gasteiger partial charge in [0.15, 0.2) is 0 Å². The van der Waals surface area contributed by atoms with Crippen LogP contribution in [0.25, 0.3) is 0 Å². The van der Waals surface area contributed by atoms with Gasteiger partial charge in [0, 0.05) is 13.0 Å². The summed E-state index contributed by atoms with van der Waals surface area (Å²) < 4.78 is 0. The lowest BCUT2D eigenvalue weighted by atomic mass is 9.96. The molecule has 1 aromatic carbocycles. The van der Waals surface area contributed by atoms with Crippen molar-refractivity contribution in [2.24, 2.45) is 0 Å². The van der Waals surface area contributed by atoms with Gasteiger partial charge in [-0.3, -0.25) is 0 Å². The second-order valence-corrected chi connectivity index (χ2v) is 4.00. The maximum absolute atomic E-state index is 9.65.